The molecule has 3 nitrogen and oxygen atoms in total. The Morgan fingerprint density at radius 3 is 3.09 bits per heavy atom. The van der Waals surface area contributed by atoms with Crippen molar-refractivity contribution in [1.82, 2.24) is 5.43 Å². The Balaban J connectivity index is 2.39. The third-order valence-corrected chi connectivity index (χ3v) is 1.81. The van der Waals surface area contributed by atoms with Gasteiger partial charge in [0, 0.05) is 6.54 Å². The lowest BCUT2D eigenvalue weighted by Gasteiger charge is -2.14. The summed E-state index contributed by atoms with van der Waals surface area (Å²) in [5, 5.41) is 1.68. The third kappa shape index (κ3) is 0.982. The molecule has 0 saturated heterocycles. The number of hydrogen-bond acceptors (Lipinski definition) is 3. The standard InChI is InChI=1S/C8H10N2O/c1-11-10-8-5-3-2-4-7(8)6-9-10/h2-5,9H,6H2,1H3. The van der Waals surface area contributed by atoms with Crippen LogP contribution in [0, 0.1) is 0 Å². The maximum atomic E-state index is 5.06. The van der Waals surface area contributed by atoms with Crippen LogP contribution in [-0.2, 0) is 11.4 Å². The summed E-state index contributed by atoms with van der Waals surface area (Å²) in [5.74, 6) is 0. The van der Waals surface area contributed by atoms with Crippen molar-refractivity contribution in [1.29, 1.82) is 0 Å². The minimum atomic E-state index is 0.851. The lowest BCUT2D eigenvalue weighted by molar-refractivity contribution is 0.142. The van der Waals surface area contributed by atoms with Crippen molar-refractivity contribution in [3.63, 3.8) is 0 Å². The molecule has 0 saturated carbocycles. The van der Waals surface area contributed by atoms with Crippen molar-refractivity contribution in [2.24, 2.45) is 0 Å². The molecule has 0 bridgehead atoms. The van der Waals surface area contributed by atoms with Crippen molar-refractivity contribution in [3.8, 4) is 0 Å². The van der Waals surface area contributed by atoms with Gasteiger partial charge in [0.2, 0.25) is 0 Å². The van der Waals surface area contributed by atoms with Crippen LogP contribution < -0.4 is 10.6 Å². The molecular weight excluding hydrogens is 140 g/mol. The zero-order chi connectivity index (χ0) is 7.68. The molecule has 58 valence electrons. The van der Waals surface area contributed by atoms with Crippen molar-refractivity contribution >= 4 is 5.69 Å². The van der Waals surface area contributed by atoms with Crippen LogP contribution in [0.15, 0.2) is 24.3 Å². The van der Waals surface area contributed by atoms with E-state index in [4.69, 9.17) is 4.84 Å². The first-order valence-electron chi connectivity index (χ1n) is 3.57. The molecule has 1 heterocycles. The second-order valence-electron chi connectivity index (χ2n) is 2.44. The molecular formula is C8H10N2O. The molecule has 0 aromatic heterocycles. The average molecular weight is 150 g/mol. The summed E-state index contributed by atoms with van der Waals surface area (Å²) in [7, 11) is 1.65. The molecule has 0 atom stereocenters. The zero-order valence-electron chi connectivity index (χ0n) is 6.37. The van der Waals surface area contributed by atoms with Crippen LogP contribution in [0.5, 0.6) is 0 Å². The fourth-order valence-corrected chi connectivity index (χ4v) is 1.26. The van der Waals surface area contributed by atoms with Gasteiger partial charge in [-0.15, -0.1) is 0 Å². The lowest BCUT2D eigenvalue weighted by atomic mass is 10.2. The van der Waals surface area contributed by atoms with Crippen molar-refractivity contribution in [3.05, 3.63) is 29.8 Å². The van der Waals surface area contributed by atoms with E-state index in [0.29, 0.717) is 0 Å². The predicted octanol–water partition coefficient (Wildman–Crippen LogP) is 1.07. The van der Waals surface area contributed by atoms with E-state index in [1.807, 2.05) is 18.2 Å². The van der Waals surface area contributed by atoms with Gasteiger partial charge in [-0.2, -0.15) is 5.17 Å². The van der Waals surface area contributed by atoms with Crippen LogP contribution in [0.2, 0.25) is 0 Å². The molecule has 1 aromatic carbocycles. The number of para-hydroxylation sites is 1. The number of benzene rings is 1. The number of hydrogen-bond donors (Lipinski definition) is 1. The summed E-state index contributed by atoms with van der Waals surface area (Å²) < 4.78 is 0. The van der Waals surface area contributed by atoms with Gasteiger partial charge in [0.25, 0.3) is 0 Å². The maximum Gasteiger partial charge on any atom is 0.0868 e. The number of nitrogens with zero attached hydrogens (tertiary/aromatic N) is 1. The van der Waals surface area contributed by atoms with E-state index in [1.165, 1.54) is 5.56 Å². The molecule has 0 aliphatic carbocycles. The van der Waals surface area contributed by atoms with Crippen LogP contribution in [0.4, 0.5) is 5.69 Å². The van der Waals surface area contributed by atoms with Crippen molar-refractivity contribution in [2.45, 2.75) is 6.54 Å². The Kier molecular flexibility index (Phi) is 1.52. The van der Waals surface area contributed by atoms with Gasteiger partial charge in [-0.3, -0.25) is 4.84 Å². The molecule has 1 N–H and O–H groups in total. The molecule has 3 heteroatoms. The Morgan fingerprint density at radius 1 is 1.45 bits per heavy atom. The van der Waals surface area contributed by atoms with E-state index < -0.39 is 0 Å². The average Bonchev–Trinajstić information content (AvgIpc) is 2.47. The monoisotopic (exact) mass is 150 g/mol. The number of fused-ring (bicyclic) bond motifs is 1. The highest BCUT2D eigenvalue weighted by molar-refractivity contribution is 5.53. The smallest absolute Gasteiger partial charge is 0.0868 e. The molecule has 0 amide bonds. The largest absolute Gasteiger partial charge is 0.261 e. The Bertz CT molecular complexity index is 262. The molecule has 1 aliphatic heterocycles. The van der Waals surface area contributed by atoms with Crippen LogP contribution in [0.25, 0.3) is 0 Å². The van der Waals surface area contributed by atoms with Gasteiger partial charge in [0.05, 0.1) is 12.8 Å². The molecule has 0 radical (unpaired) electrons. The van der Waals surface area contributed by atoms with E-state index in [1.54, 1.807) is 12.3 Å². The first kappa shape index (κ1) is 6.64. The molecule has 0 unspecified atom stereocenters. The van der Waals surface area contributed by atoms with Gasteiger partial charge >= 0.3 is 0 Å². The Hall–Kier alpha value is -1.06. The van der Waals surface area contributed by atoms with E-state index in [0.717, 1.165) is 12.2 Å². The molecule has 2 rings (SSSR count). The predicted molar refractivity (Wildman–Crippen MR) is 42.8 cm³/mol. The van der Waals surface area contributed by atoms with E-state index in [-0.39, 0.29) is 0 Å². The summed E-state index contributed by atoms with van der Waals surface area (Å²) in [6.07, 6.45) is 0. The summed E-state index contributed by atoms with van der Waals surface area (Å²) in [4.78, 5) is 5.06. The molecule has 0 fully saturated rings. The highest BCUT2D eigenvalue weighted by Gasteiger charge is 2.16. The maximum absolute atomic E-state index is 5.06. The summed E-state index contributed by atoms with van der Waals surface area (Å²) in [5.41, 5.74) is 5.46. The van der Waals surface area contributed by atoms with Crippen LogP contribution in [-0.4, -0.2) is 7.11 Å². The van der Waals surface area contributed by atoms with Gasteiger partial charge in [-0.25, -0.2) is 5.43 Å². The molecule has 11 heavy (non-hydrogen) atoms. The normalized spacial score (nSPS) is 15.2. The van der Waals surface area contributed by atoms with Gasteiger partial charge in [0.15, 0.2) is 0 Å². The number of anilines is 1. The lowest BCUT2D eigenvalue weighted by Crippen LogP contribution is -2.30. The topological polar surface area (TPSA) is 24.5 Å². The SMILES string of the molecule is CON1NCc2ccccc21. The van der Waals surface area contributed by atoms with Gasteiger partial charge in [-0.1, -0.05) is 18.2 Å². The number of nitrogens with one attached hydrogen (secondary N) is 1. The van der Waals surface area contributed by atoms with E-state index in [9.17, 15) is 0 Å². The Labute approximate surface area is 65.5 Å². The van der Waals surface area contributed by atoms with Gasteiger partial charge < -0.3 is 0 Å². The highest BCUT2D eigenvalue weighted by Crippen LogP contribution is 2.23. The van der Waals surface area contributed by atoms with E-state index >= 15 is 0 Å². The molecule has 1 aliphatic rings. The van der Waals surface area contributed by atoms with Crippen LogP contribution >= 0.6 is 0 Å². The van der Waals surface area contributed by atoms with Gasteiger partial charge in [-0.05, 0) is 11.6 Å². The third-order valence-electron chi connectivity index (χ3n) is 1.81. The summed E-state index contributed by atoms with van der Waals surface area (Å²) >= 11 is 0. The second kappa shape index (κ2) is 2.53. The van der Waals surface area contributed by atoms with Crippen LogP contribution in [0.3, 0.4) is 0 Å². The highest BCUT2D eigenvalue weighted by atomic mass is 16.7. The van der Waals surface area contributed by atoms with Crippen LogP contribution in [0.1, 0.15) is 5.56 Å². The first-order chi connectivity index (χ1) is 5.42. The number of rotatable bonds is 1. The minimum absolute atomic E-state index is 0.851. The van der Waals surface area contributed by atoms with Crippen molar-refractivity contribution < 1.29 is 4.84 Å². The summed E-state index contributed by atoms with van der Waals surface area (Å²) in [6, 6.07) is 8.14. The molecule has 0 spiro atoms. The van der Waals surface area contributed by atoms with Gasteiger partial charge in [0.1, 0.15) is 0 Å². The Morgan fingerprint density at radius 2 is 2.27 bits per heavy atom. The number of hydrazine groups is 1. The first-order valence-corrected chi connectivity index (χ1v) is 3.57. The quantitative estimate of drug-likeness (QED) is 0.648. The fraction of sp³-hybridized carbons (Fsp3) is 0.250. The fourth-order valence-electron chi connectivity index (χ4n) is 1.26. The molecule has 1 aromatic rings. The summed E-state index contributed by atoms with van der Waals surface area (Å²) in [6.45, 7) is 0.851. The van der Waals surface area contributed by atoms with Crippen molar-refractivity contribution in [2.75, 3.05) is 12.3 Å². The zero-order valence-corrected chi connectivity index (χ0v) is 6.37. The second-order valence-corrected chi connectivity index (χ2v) is 2.44. The van der Waals surface area contributed by atoms with E-state index in [2.05, 4.69) is 11.5 Å². The minimum Gasteiger partial charge on any atom is -0.261 e.